The highest BCUT2D eigenvalue weighted by molar-refractivity contribution is 6.10. The lowest BCUT2D eigenvalue weighted by Crippen LogP contribution is -2.46. The van der Waals surface area contributed by atoms with Crippen LogP contribution in [0.25, 0.3) is 0 Å². The Morgan fingerprint density at radius 2 is 1.54 bits per heavy atom. The molecule has 138 valence electrons. The van der Waals surface area contributed by atoms with Gasteiger partial charge in [0.25, 0.3) is 0 Å². The van der Waals surface area contributed by atoms with Gasteiger partial charge in [-0.1, -0.05) is 45.1 Å². The van der Waals surface area contributed by atoms with Crippen molar-refractivity contribution >= 4 is 23.4 Å². The Morgan fingerprint density at radius 3 is 2.00 bits per heavy atom. The molecule has 5 heteroatoms. The highest BCUT2D eigenvalue weighted by Gasteiger charge is 2.50. The summed E-state index contributed by atoms with van der Waals surface area (Å²) in [6, 6.07) is 6.84. The Labute approximate surface area is 154 Å². The van der Waals surface area contributed by atoms with Crippen molar-refractivity contribution in [1.82, 2.24) is 4.90 Å². The van der Waals surface area contributed by atoms with E-state index in [2.05, 4.69) is 26.1 Å². The van der Waals surface area contributed by atoms with E-state index in [-0.39, 0.29) is 35.0 Å². The summed E-state index contributed by atoms with van der Waals surface area (Å²) in [5.41, 5.74) is 1.87. The van der Waals surface area contributed by atoms with E-state index in [0.29, 0.717) is 18.5 Å². The number of benzene rings is 1. The maximum atomic E-state index is 12.6. The largest absolute Gasteiger partial charge is 0.324 e. The normalized spacial score (nSPS) is 23.8. The highest BCUT2D eigenvalue weighted by atomic mass is 16.2. The Kier molecular flexibility index (Phi) is 4.74. The van der Waals surface area contributed by atoms with Crippen LogP contribution in [0, 0.1) is 11.8 Å². The third-order valence-electron chi connectivity index (χ3n) is 5.33. The van der Waals surface area contributed by atoms with Gasteiger partial charge in [-0.15, -0.1) is 0 Å². The zero-order valence-electron chi connectivity index (χ0n) is 15.8. The van der Waals surface area contributed by atoms with Crippen LogP contribution < -0.4 is 5.32 Å². The van der Waals surface area contributed by atoms with Crippen LogP contribution in [0.15, 0.2) is 36.4 Å². The second-order valence-electron chi connectivity index (χ2n) is 8.19. The molecule has 5 nitrogen and oxygen atoms in total. The summed E-state index contributed by atoms with van der Waals surface area (Å²) in [7, 11) is 0. The minimum absolute atomic E-state index is 0.0363. The van der Waals surface area contributed by atoms with Gasteiger partial charge in [0.05, 0.1) is 11.8 Å². The van der Waals surface area contributed by atoms with E-state index < -0.39 is 6.04 Å². The molecule has 0 radical (unpaired) electrons. The number of nitrogens with zero attached hydrogens (tertiary/aromatic N) is 1. The number of carbonyl (C=O) groups excluding carboxylic acids is 3. The Morgan fingerprint density at radius 1 is 1.04 bits per heavy atom. The van der Waals surface area contributed by atoms with Crippen molar-refractivity contribution in [2.45, 2.75) is 52.0 Å². The molecular weight excluding hydrogens is 328 g/mol. The summed E-state index contributed by atoms with van der Waals surface area (Å²) >= 11 is 0. The summed E-state index contributed by atoms with van der Waals surface area (Å²) in [4.78, 5) is 38.9. The molecule has 0 aromatic heterocycles. The van der Waals surface area contributed by atoms with Gasteiger partial charge in [-0.2, -0.15) is 0 Å². The molecule has 1 saturated heterocycles. The zero-order valence-corrected chi connectivity index (χ0v) is 15.8. The fourth-order valence-corrected chi connectivity index (χ4v) is 3.63. The van der Waals surface area contributed by atoms with Crippen molar-refractivity contribution in [3.05, 3.63) is 42.0 Å². The zero-order chi connectivity index (χ0) is 19.1. The second-order valence-corrected chi connectivity index (χ2v) is 8.19. The summed E-state index contributed by atoms with van der Waals surface area (Å²) in [6.45, 7) is 7.99. The quantitative estimate of drug-likeness (QED) is 0.669. The molecule has 1 aliphatic heterocycles. The Hall–Kier alpha value is -2.43. The second kappa shape index (κ2) is 6.71. The molecule has 3 atom stereocenters. The van der Waals surface area contributed by atoms with Gasteiger partial charge in [0.2, 0.25) is 17.7 Å². The lowest BCUT2D eigenvalue weighted by molar-refractivity contribution is -0.146. The number of carbonyl (C=O) groups is 3. The van der Waals surface area contributed by atoms with Crippen LogP contribution in [0.4, 0.5) is 5.69 Å². The molecule has 2 aliphatic rings. The average Bonchev–Trinajstić information content (AvgIpc) is 2.85. The van der Waals surface area contributed by atoms with Crippen LogP contribution >= 0.6 is 0 Å². The third kappa shape index (κ3) is 3.30. The molecule has 0 spiro atoms. The van der Waals surface area contributed by atoms with Gasteiger partial charge in [-0.05, 0) is 42.9 Å². The smallest absolute Gasteiger partial charge is 0.247 e. The number of anilines is 1. The van der Waals surface area contributed by atoms with E-state index in [9.17, 15) is 14.4 Å². The summed E-state index contributed by atoms with van der Waals surface area (Å²) in [5, 5.41) is 2.82. The first-order chi connectivity index (χ1) is 12.2. The first-order valence-electron chi connectivity index (χ1n) is 9.13. The van der Waals surface area contributed by atoms with Crippen molar-refractivity contribution in [3.63, 3.8) is 0 Å². The number of amides is 3. The van der Waals surface area contributed by atoms with E-state index in [1.54, 1.807) is 6.92 Å². The molecule has 0 bridgehead atoms. The number of hydrogen-bond acceptors (Lipinski definition) is 3. The van der Waals surface area contributed by atoms with Gasteiger partial charge in [-0.3, -0.25) is 19.3 Å². The third-order valence-corrected chi connectivity index (χ3v) is 5.33. The Balaban J connectivity index is 1.70. The maximum Gasteiger partial charge on any atom is 0.247 e. The molecule has 1 aliphatic carbocycles. The van der Waals surface area contributed by atoms with Gasteiger partial charge < -0.3 is 5.32 Å². The number of nitrogens with one attached hydrogen (secondary N) is 1. The molecule has 0 saturated carbocycles. The topological polar surface area (TPSA) is 66.5 Å². The number of rotatable bonds is 3. The van der Waals surface area contributed by atoms with E-state index in [1.807, 2.05) is 36.4 Å². The fourth-order valence-electron chi connectivity index (χ4n) is 3.63. The van der Waals surface area contributed by atoms with Crippen molar-refractivity contribution in [2.24, 2.45) is 11.8 Å². The molecule has 1 N–H and O–H groups in total. The highest BCUT2D eigenvalue weighted by Crippen LogP contribution is 2.36. The van der Waals surface area contributed by atoms with E-state index in [4.69, 9.17) is 0 Å². The van der Waals surface area contributed by atoms with Gasteiger partial charge in [0.1, 0.15) is 6.04 Å². The SMILES string of the molecule is C[C@@H](C(=O)Nc1ccc(C(C)(C)C)cc1)N1C(=O)C2CC=CCC2C1=O. The van der Waals surface area contributed by atoms with Crippen LogP contribution in [0.2, 0.25) is 0 Å². The molecule has 2 unspecified atom stereocenters. The average molecular weight is 354 g/mol. The van der Waals surface area contributed by atoms with Gasteiger partial charge in [-0.25, -0.2) is 0 Å². The first kappa shape index (κ1) is 18.4. The molecule has 1 aromatic rings. The van der Waals surface area contributed by atoms with Crippen molar-refractivity contribution in [1.29, 1.82) is 0 Å². The molecule has 26 heavy (non-hydrogen) atoms. The Bertz CT molecular complexity index is 732. The van der Waals surface area contributed by atoms with Gasteiger partial charge >= 0.3 is 0 Å². The van der Waals surface area contributed by atoms with Gasteiger partial charge in [0, 0.05) is 5.69 Å². The van der Waals surface area contributed by atoms with Crippen molar-refractivity contribution < 1.29 is 14.4 Å². The number of imide groups is 1. The van der Waals surface area contributed by atoms with Crippen LogP contribution in [-0.2, 0) is 19.8 Å². The van der Waals surface area contributed by atoms with Crippen LogP contribution in [0.5, 0.6) is 0 Å². The van der Waals surface area contributed by atoms with E-state index >= 15 is 0 Å². The number of allylic oxidation sites excluding steroid dienone is 2. The lowest BCUT2D eigenvalue weighted by Gasteiger charge is -2.23. The monoisotopic (exact) mass is 354 g/mol. The van der Waals surface area contributed by atoms with Crippen LogP contribution in [-0.4, -0.2) is 28.7 Å². The minimum atomic E-state index is -0.817. The molecular formula is C21H26N2O3. The summed E-state index contributed by atoms with van der Waals surface area (Å²) < 4.78 is 0. The van der Waals surface area contributed by atoms with Gasteiger partial charge in [0.15, 0.2) is 0 Å². The molecule has 3 amide bonds. The van der Waals surface area contributed by atoms with Crippen molar-refractivity contribution in [3.8, 4) is 0 Å². The molecule has 1 heterocycles. The number of fused-ring (bicyclic) bond motifs is 1. The summed E-state index contributed by atoms with van der Waals surface area (Å²) in [6.07, 6.45) is 5.04. The minimum Gasteiger partial charge on any atom is -0.324 e. The van der Waals surface area contributed by atoms with E-state index in [0.717, 1.165) is 4.90 Å². The standard InChI is InChI=1S/C21H26N2O3/c1-13(23-19(25)16-7-5-6-8-17(16)20(23)26)18(24)22-15-11-9-14(10-12-15)21(2,3)4/h5-6,9-13,16-17H,7-8H2,1-4H3,(H,22,24)/t13-,16?,17?/m0/s1. The molecule has 1 aromatic carbocycles. The fraction of sp³-hybridized carbons (Fsp3) is 0.476. The van der Waals surface area contributed by atoms with Crippen LogP contribution in [0.3, 0.4) is 0 Å². The summed E-state index contributed by atoms with van der Waals surface area (Å²) in [5.74, 6) is -1.42. The number of likely N-dealkylation sites (tertiary alicyclic amines) is 1. The van der Waals surface area contributed by atoms with Crippen LogP contribution in [0.1, 0.15) is 46.1 Å². The molecule has 3 rings (SSSR count). The predicted octanol–water partition coefficient (Wildman–Crippen LogP) is 3.26. The lowest BCUT2D eigenvalue weighted by atomic mass is 9.85. The maximum absolute atomic E-state index is 12.6. The van der Waals surface area contributed by atoms with E-state index in [1.165, 1.54) is 5.56 Å². The van der Waals surface area contributed by atoms with Crippen molar-refractivity contribution in [2.75, 3.05) is 5.32 Å². The number of hydrogen-bond donors (Lipinski definition) is 1. The first-order valence-corrected chi connectivity index (χ1v) is 9.13. The predicted molar refractivity (Wildman–Crippen MR) is 100 cm³/mol. The molecule has 1 fully saturated rings.